The summed E-state index contributed by atoms with van der Waals surface area (Å²) in [5, 5.41) is 0. The van der Waals surface area contributed by atoms with E-state index in [1.807, 2.05) is 26.1 Å². The Hall–Kier alpha value is -1.72. The molecule has 0 aromatic carbocycles. The Morgan fingerprint density at radius 3 is 2.75 bits per heavy atom. The molecular weight excluding hydrogens is 300 g/mol. The highest BCUT2D eigenvalue weighted by Gasteiger charge is 2.18. The molecule has 2 heterocycles. The molecule has 5 heteroatoms. The fraction of sp³-hybridized carbons (Fsp3) is 0.579. The molecule has 0 radical (unpaired) electrons. The van der Waals surface area contributed by atoms with E-state index in [-0.39, 0.29) is 6.10 Å². The van der Waals surface area contributed by atoms with Crippen LogP contribution >= 0.6 is 0 Å². The number of pyridine rings is 1. The fourth-order valence-corrected chi connectivity index (χ4v) is 2.37. The third-order valence-corrected chi connectivity index (χ3v) is 3.83. The Balaban J connectivity index is 0.000000245. The van der Waals surface area contributed by atoms with Crippen LogP contribution in [0.5, 0.6) is 0 Å². The first-order valence-electron chi connectivity index (χ1n) is 8.59. The summed E-state index contributed by atoms with van der Waals surface area (Å²) in [7, 11) is 1.71. The van der Waals surface area contributed by atoms with Crippen LogP contribution in [0.3, 0.4) is 0 Å². The molecule has 1 aliphatic heterocycles. The van der Waals surface area contributed by atoms with Crippen molar-refractivity contribution in [1.29, 1.82) is 0 Å². The van der Waals surface area contributed by atoms with Gasteiger partial charge < -0.3 is 10.5 Å². The van der Waals surface area contributed by atoms with Gasteiger partial charge in [0.2, 0.25) is 0 Å². The van der Waals surface area contributed by atoms with Crippen LogP contribution in [0.1, 0.15) is 39.0 Å². The van der Waals surface area contributed by atoms with Gasteiger partial charge in [-0.3, -0.25) is 14.9 Å². The van der Waals surface area contributed by atoms with Gasteiger partial charge in [0.15, 0.2) is 0 Å². The van der Waals surface area contributed by atoms with Crippen molar-refractivity contribution in [3.05, 3.63) is 41.4 Å². The second-order valence-corrected chi connectivity index (χ2v) is 6.41. The van der Waals surface area contributed by atoms with Crippen LogP contribution in [0.2, 0.25) is 0 Å². The lowest BCUT2D eigenvalue weighted by atomic mass is 10.0. The van der Waals surface area contributed by atoms with Crippen LogP contribution < -0.4 is 5.73 Å². The maximum atomic E-state index is 5.31. The number of hydrogen-bond acceptors (Lipinski definition) is 5. The standard InChI is InChI=1S/C11H16N2.C8H16N2O/c1-9(2)13-7-5-10-4-3-6-12-11(10)8-13;1-7(2)11-6-8(4-9)5-10-3/h3-4,6,9H,5,7-8H2,1-2H3;4-5,7H,6,9H2,1-3H3/b;8-4+,10-5?. The fourth-order valence-electron chi connectivity index (χ4n) is 2.37. The second kappa shape index (κ2) is 10.9. The van der Waals surface area contributed by atoms with Crippen molar-refractivity contribution in [3.63, 3.8) is 0 Å². The molecular formula is C19H32N4O. The quantitative estimate of drug-likeness (QED) is 0.842. The molecule has 2 rings (SSSR count). The summed E-state index contributed by atoms with van der Waals surface area (Å²) in [6.07, 6.45) is 6.48. The summed E-state index contributed by atoms with van der Waals surface area (Å²) in [4.78, 5) is 10.7. The smallest absolute Gasteiger partial charge is 0.0749 e. The van der Waals surface area contributed by atoms with Gasteiger partial charge in [0.25, 0.3) is 0 Å². The van der Waals surface area contributed by atoms with Gasteiger partial charge in [0.05, 0.1) is 18.4 Å². The van der Waals surface area contributed by atoms with Gasteiger partial charge in [-0.25, -0.2) is 0 Å². The van der Waals surface area contributed by atoms with Crippen molar-refractivity contribution in [2.45, 2.75) is 52.8 Å². The zero-order chi connectivity index (χ0) is 17.9. The van der Waals surface area contributed by atoms with Crippen molar-refractivity contribution in [2.24, 2.45) is 10.7 Å². The highest BCUT2D eigenvalue weighted by atomic mass is 16.5. The molecule has 24 heavy (non-hydrogen) atoms. The second-order valence-electron chi connectivity index (χ2n) is 6.41. The van der Waals surface area contributed by atoms with E-state index >= 15 is 0 Å². The Labute approximate surface area is 146 Å². The maximum Gasteiger partial charge on any atom is 0.0749 e. The van der Waals surface area contributed by atoms with Gasteiger partial charge in [0, 0.05) is 50.4 Å². The van der Waals surface area contributed by atoms with Crippen molar-refractivity contribution < 1.29 is 4.74 Å². The lowest BCUT2D eigenvalue weighted by Gasteiger charge is -2.30. The van der Waals surface area contributed by atoms with Gasteiger partial charge in [0.1, 0.15) is 0 Å². The van der Waals surface area contributed by atoms with Gasteiger partial charge >= 0.3 is 0 Å². The number of ether oxygens (including phenoxy) is 1. The van der Waals surface area contributed by atoms with E-state index in [1.54, 1.807) is 13.3 Å². The van der Waals surface area contributed by atoms with Crippen molar-refractivity contribution in [2.75, 3.05) is 20.2 Å². The summed E-state index contributed by atoms with van der Waals surface area (Å²) in [6, 6.07) is 4.86. The van der Waals surface area contributed by atoms with Gasteiger partial charge in [-0.15, -0.1) is 0 Å². The predicted octanol–water partition coefficient (Wildman–Crippen LogP) is 2.80. The molecule has 0 unspecified atom stereocenters. The molecule has 1 aliphatic rings. The Kier molecular flexibility index (Phi) is 9.27. The Morgan fingerprint density at radius 1 is 1.42 bits per heavy atom. The van der Waals surface area contributed by atoms with E-state index < -0.39 is 0 Å². The van der Waals surface area contributed by atoms with Crippen LogP contribution in [-0.2, 0) is 17.7 Å². The molecule has 0 spiro atoms. The molecule has 0 amide bonds. The molecule has 0 atom stereocenters. The third kappa shape index (κ3) is 7.23. The summed E-state index contributed by atoms with van der Waals surface area (Å²) in [5.41, 5.74) is 8.91. The van der Waals surface area contributed by atoms with Crippen molar-refractivity contribution in [3.8, 4) is 0 Å². The molecule has 1 aromatic heterocycles. The number of nitrogens with two attached hydrogens (primary N) is 1. The first-order chi connectivity index (χ1) is 11.5. The Morgan fingerprint density at radius 2 is 2.17 bits per heavy atom. The third-order valence-electron chi connectivity index (χ3n) is 3.83. The normalized spacial score (nSPS) is 15.5. The number of nitrogens with zero attached hydrogens (tertiary/aromatic N) is 3. The largest absolute Gasteiger partial charge is 0.404 e. The molecule has 0 saturated heterocycles. The van der Waals surface area contributed by atoms with E-state index in [9.17, 15) is 0 Å². The van der Waals surface area contributed by atoms with Crippen LogP contribution in [0.15, 0.2) is 35.1 Å². The average molecular weight is 332 g/mol. The molecule has 5 nitrogen and oxygen atoms in total. The molecule has 134 valence electrons. The van der Waals surface area contributed by atoms with Crippen LogP contribution in [0, 0.1) is 0 Å². The van der Waals surface area contributed by atoms with Gasteiger partial charge in [-0.2, -0.15) is 0 Å². The molecule has 0 bridgehead atoms. The number of aliphatic imine (C=N–C) groups is 1. The summed E-state index contributed by atoms with van der Waals surface area (Å²) < 4.78 is 5.31. The van der Waals surface area contributed by atoms with Crippen molar-refractivity contribution >= 4 is 6.21 Å². The number of hydrogen-bond donors (Lipinski definition) is 1. The predicted molar refractivity (Wildman–Crippen MR) is 101 cm³/mol. The molecule has 0 saturated carbocycles. The maximum absolute atomic E-state index is 5.31. The molecule has 2 N–H and O–H groups in total. The van der Waals surface area contributed by atoms with Crippen molar-refractivity contribution in [1.82, 2.24) is 9.88 Å². The first-order valence-corrected chi connectivity index (χ1v) is 8.59. The minimum absolute atomic E-state index is 0.232. The minimum Gasteiger partial charge on any atom is -0.404 e. The van der Waals surface area contributed by atoms with E-state index in [0.717, 1.165) is 18.5 Å². The van der Waals surface area contributed by atoms with Crippen LogP contribution in [0.25, 0.3) is 0 Å². The lowest BCUT2D eigenvalue weighted by molar-refractivity contribution is 0.0999. The van der Waals surface area contributed by atoms with E-state index in [1.165, 1.54) is 24.0 Å². The van der Waals surface area contributed by atoms with Gasteiger partial charge in [-0.1, -0.05) is 6.07 Å². The van der Waals surface area contributed by atoms with E-state index in [0.29, 0.717) is 12.6 Å². The average Bonchev–Trinajstić information content (AvgIpc) is 2.58. The minimum atomic E-state index is 0.232. The summed E-state index contributed by atoms with van der Waals surface area (Å²) >= 11 is 0. The number of rotatable bonds is 5. The highest BCUT2D eigenvalue weighted by Crippen LogP contribution is 2.17. The first kappa shape index (κ1) is 20.3. The van der Waals surface area contributed by atoms with E-state index in [4.69, 9.17) is 10.5 Å². The number of aromatic nitrogens is 1. The topological polar surface area (TPSA) is 63.7 Å². The molecule has 0 fully saturated rings. The zero-order valence-electron chi connectivity index (χ0n) is 15.7. The lowest BCUT2D eigenvalue weighted by Crippen LogP contribution is -2.36. The molecule has 0 aliphatic carbocycles. The monoisotopic (exact) mass is 332 g/mol. The Bertz CT molecular complexity index is 538. The highest BCUT2D eigenvalue weighted by molar-refractivity contribution is 5.78. The van der Waals surface area contributed by atoms with E-state index in [2.05, 4.69) is 34.8 Å². The van der Waals surface area contributed by atoms with Crippen LogP contribution in [0.4, 0.5) is 0 Å². The SMILES string of the molecule is CC(C)N1CCc2cccnc2C1.CN=C/C(=C\N)COC(C)C. The zero-order valence-corrected chi connectivity index (χ0v) is 15.7. The van der Waals surface area contributed by atoms with Gasteiger partial charge in [-0.05, 0) is 45.7 Å². The molecule has 1 aromatic rings. The summed E-state index contributed by atoms with van der Waals surface area (Å²) in [5.74, 6) is 0. The number of fused-ring (bicyclic) bond motifs is 1. The van der Waals surface area contributed by atoms with Crippen LogP contribution in [-0.4, -0.2) is 48.4 Å². The summed E-state index contributed by atoms with van der Waals surface area (Å²) in [6.45, 7) is 11.2.